The van der Waals surface area contributed by atoms with Crippen LogP contribution in [0.5, 0.6) is 5.75 Å². The van der Waals surface area contributed by atoms with Crippen LogP contribution in [0.2, 0.25) is 0 Å². The molecule has 0 spiro atoms. The zero-order chi connectivity index (χ0) is 17.0. The van der Waals surface area contributed by atoms with Gasteiger partial charge in [0, 0.05) is 17.8 Å². The third kappa shape index (κ3) is 4.35. The first-order valence-corrected chi connectivity index (χ1v) is 8.72. The highest BCUT2D eigenvalue weighted by atomic mass is 32.2. The van der Waals surface area contributed by atoms with Crippen LogP contribution in [0.4, 0.5) is 5.13 Å². The van der Waals surface area contributed by atoms with Crippen molar-refractivity contribution in [3.05, 3.63) is 35.4 Å². The van der Waals surface area contributed by atoms with Crippen LogP contribution in [-0.4, -0.2) is 35.0 Å². The van der Waals surface area contributed by atoms with Crippen molar-refractivity contribution in [3.63, 3.8) is 0 Å². The van der Waals surface area contributed by atoms with Gasteiger partial charge in [0.25, 0.3) is 11.1 Å². The molecule has 118 valence electrons. The molecule has 0 aliphatic carbocycles. The van der Waals surface area contributed by atoms with E-state index >= 15 is 0 Å². The fourth-order valence-electron chi connectivity index (χ4n) is 1.46. The molecule has 0 saturated carbocycles. The number of nitriles is 1. The van der Waals surface area contributed by atoms with Gasteiger partial charge in [-0.2, -0.15) is 14.6 Å². The minimum absolute atomic E-state index is 0.0257. The number of nitrogens with one attached hydrogen (secondary N) is 1. The lowest BCUT2D eigenvalue weighted by Gasteiger charge is -2.00. The predicted octanol–water partition coefficient (Wildman–Crippen LogP) is 1.19. The van der Waals surface area contributed by atoms with Crippen molar-refractivity contribution < 1.29 is 18.3 Å². The summed E-state index contributed by atoms with van der Waals surface area (Å²) in [7, 11) is -3.56. The Morgan fingerprint density at radius 3 is 2.57 bits per heavy atom. The average Bonchev–Trinajstić information content (AvgIpc) is 2.95. The number of carbonyl (C=O) groups excluding carboxylic acids is 1. The second-order valence-corrected chi connectivity index (χ2v) is 7.03. The monoisotopic (exact) mass is 350 g/mol. The number of benzene rings is 1. The number of aromatic hydroxyl groups is 1. The number of carbonyl (C=O) groups is 1. The first kappa shape index (κ1) is 16.6. The quantitative estimate of drug-likeness (QED) is 0.625. The van der Waals surface area contributed by atoms with Gasteiger partial charge >= 0.3 is 0 Å². The molecule has 0 atom stereocenters. The minimum Gasteiger partial charge on any atom is -0.508 e. The summed E-state index contributed by atoms with van der Waals surface area (Å²) in [5, 5.41) is 20.2. The fraction of sp³-hybridized carbons (Fsp3) is 0.0769. The maximum atomic E-state index is 12.0. The maximum absolute atomic E-state index is 12.0. The van der Waals surface area contributed by atoms with Crippen molar-refractivity contribution >= 4 is 38.5 Å². The number of sulfone groups is 1. The van der Waals surface area contributed by atoms with E-state index in [0.717, 1.165) is 6.26 Å². The van der Waals surface area contributed by atoms with Crippen LogP contribution in [0.1, 0.15) is 5.56 Å². The molecule has 0 aliphatic heterocycles. The number of amides is 1. The summed E-state index contributed by atoms with van der Waals surface area (Å²) in [5.41, 5.74) is 0.343. The third-order valence-electron chi connectivity index (χ3n) is 2.53. The summed E-state index contributed by atoms with van der Waals surface area (Å²) in [6.07, 6.45) is 2.28. The normalized spacial score (nSPS) is 11.7. The van der Waals surface area contributed by atoms with E-state index in [1.807, 2.05) is 0 Å². The van der Waals surface area contributed by atoms with Crippen molar-refractivity contribution in [2.45, 2.75) is 5.16 Å². The number of nitrogens with zero attached hydrogens (tertiary/aromatic N) is 3. The molecule has 23 heavy (non-hydrogen) atoms. The lowest BCUT2D eigenvalue weighted by atomic mass is 10.1. The summed E-state index contributed by atoms with van der Waals surface area (Å²) in [4.78, 5) is 15.7. The molecule has 10 heteroatoms. The first-order valence-electron chi connectivity index (χ1n) is 6.05. The van der Waals surface area contributed by atoms with Gasteiger partial charge in [0.15, 0.2) is 0 Å². The van der Waals surface area contributed by atoms with Gasteiger partial charge in [-0.05, 0) is 23.8 Å². The van der Waals surface area contributed by atoms with Crippen molar-refractivity contribution in [1.29, 1.82) is 5.26 Å². The van der Waals surface area contributed by atoms with Gasteiger partial charge in [0.2, 0.25) is 15.0 Å². The Balaban J connectivity index is 2.19. The van der Waals surface area contributed by atoms with Crippen LogP contribution in [0.15, 0.2) is 35.0 Å². The lowest BCUT2D eigenvalue weighted by molar-refractivity contribution is -0.112. The Kier molecular flexibility index (Phi) is 4.73. The van der Waals surface area contributed by atoms with E-state index in [1.54, 1.807) is 6.07 Å². The summed E-state index contributed by atoms with van der Waals surface area (Å²) >= 11 is 0.699. The predicted molar refractivity (Wildman–Crippen MR) is 83.3 cm³/mol. The van der Waals surface area contributed by atoms with Gasteiger partial charge in [-0.1, -0.05) is 12.1 Å². The van der Waals surface area contributed by atoms with Crippen LogP contribution >= 0.6 is 11.5 Å². The van der Waals surface area contributed by atoms with Crippen molar-refractivity contribution in [3.8, 4) is 11.8 Å². The lowest BCUT2D eigenvalue weighted by Crippen LogP contribution is -2.13. The largest absolute Gasteiger partial charge is 0.508 e. The highest BCUT2D eigenvalue weighted by molar-refractivity contribution is 7.90. The van der Waals surface area contributed by atoms with Gasteiger partial charge in [-0.15, -0.1) is 0 Å². The Morgan fingerprint density at radius 1 is 1.39 bits per heavy atom. The summed E-state index contributed by atoms with van der Waals surface area (Å²) in [6, 6.07) is 7.65. The van der Waals surface area contributed by atoms with Crippen LogP contribution in [0.3, 0.4) is 0 Å². The Labute approximate surface area is 135 Å². The summed E-state index contributed by atoms with van der Waals surface area (Å²) < 4.78 is 26.2. The van der Waals surface area contributed by atoms with Crippen LogP contribution < -0.4 is 5.32 Å². The Hall–Kier alpha value is -2.77. The molecule has 0 radical (unpaired) electrons. The van der Waals surface area contributed by atoms with Gasteiger partial charge in [-0.25, -0.2) is 8.42 Å². The van der Waals surface area contributed by atoms with Gasteiger partial charge in [-0.3, -0.25) is 10.1 Å². The molecule has 8 nitrogen and oxygen atoms in total. The van der Waals surface area contributed by atoms with Crippen molar-refractivity contribution in [1.82, 2.24) is 9.36 Å². The van der Waals surface area contributed by atoms with E-state index in [4.69, 9.17) is 5.26 Å². The topological polar surface area (TPSA) is 133 Å². The number of rotatable bonds is 4. The van der Waals surface area contributed by atoms with Crippen LogP contribution in [0.25, 0.3) is 6.08 Å². The number of phenolic OH excluding ortho intramolecular Hbond substituents is 1. The zero-order valence-corrected chi connectivity index (χ0v) is 13.3. The number of phenols is 1. The van der Waals surface area contributed by atoms with E-state index in [1.165, 1.54) is 30.3 Å². The standard InChI is InChI=1S/C13H10N4O4S2/c1-23(20,21)13-16-12(22-17-13)15-11(19)9(7-14)6-8-2-4-10(18)5-3-8/h2-6,18H,1H3,(H,15,16,17,19)/b9-6-. The molecule has 1 amide bonds. The fourth-order valence-corrected chi connectivity index (χ4v) is 2.90. The molecule has 0 fully saturated rings. The van der Waals surface area contributed by atoms with Gasteiger partial charge in [0.1, 0.15) is 17.4 Å². The molecule has 1 aromatic carbocycles. The summed E-state index contributed by atoms with van der Waals surface area (Å²) in [5.74, 6) is -0.677. The Morgan fingerprint density at radius 2 is 2.04 bits per heavy atom. The average molecular weight is 350 g/mol. The SMILES string of the molecule is CS(=O)(=O)c1nsc(NC(=O)/C(C#N)=C\c2ccc(O)cc2)n1. The highest BCUT2D eigenvalue weighted by Gasteiger charge is 2.17. The molecule has 0 aliphatic rings. The van der Waals surface area contributed by atoms with E-state index < -0.39 is 15.7 Å². The third-order valence-corrected chi connectivity index (χ3v) is 4.12. The van der Waals surface area contributed by atoms with E-state index in [0.29, 0.717) is 17.1 Å². The van der Waals surface area contributed by atoms with E-state index in [9.17, 15) is 18.3 Å². The molecular weight excluding hydrogens is 340 g/mol. The second-order valence-electron chi connectivity index (χ2n) is 4.37. The van der Waals surface area contributed by atoms with Crippen molar-refractivity contribution in [2.75, 3.05) is 11.6 Å². The molecule has 0 saturated heterocycles. The number of anilines is 1. The molecule has 2 aromatic rings. The van der Waals surface area contributed by atoms with E-state index in [2.05, 4.69) is 14.7 Å². The smallest absolute Gasteiger partial charge is 0.268 e. The second kappa shape index (κ2) is 6.55. The van der Waals surface area contributed by atoms with Gasteiger partial charge < -0.3 is 5.11 Å². The molecule has 2 rings (SSSR count). The highest BCUT2D eigenvalue weighted by Crippen LogP contribution is 2.17. The molecule has 2 N–H and O–H groups in total. The van der Waals surface area contributed by atoms with Crippen LogP contribution in [0, 0.1) is 11.3 Å². The van der Waals surface area contributed by atoms with Gasteiger partial charge in [0.05, 0.1) is 0 Å². The van der Waals surface area contributed by atoms with Crippen molar-refractivity contribution in [2.24, 2.45) is 0 Å². The molecular formula is C13H10N4O4S2. The first-order chi connectivity index (χ1) is 10.8. The molecule has 1 aromatic heterocycles. The molecule has 1 heterocycles. The van der Waals surface area contributed by atoms with Crippen LogP contribution in [-0.2, 0) is 14.6 Å². The number of hydrogen-bond acceptors (Lipinski definition) is 8. The number of hydrogen-bond donors (Lipinski definition) is 2. The summed E-state index contributed by atoms with van der Waals surface area (Å²) in [6.45, 7) is 0. The zero-order valence-electron chi connectivity index (χ0n) is 11.7. The Bertz CT molecular complexity index is 908. The molecule has 0 unspecified atom stereocenters. The minimum atomic E-state index is -3.56. The number of aromatic nitrogens is 2. The maximum Gasteiger partial charge on any atom is 0.268 e. The molecule has 0 bridgehead atoms. The van der Waals surface area contributed by atoms with E-state index in [-0.39, 0.29) is 21.6 Å².